The maximum absolute atomic E-state index is 11.1. The Labute approximate surface area is 76.7 Å². The third-order valence-electron chi connectivity index (χ3n) is 2.49. The van der Waals surface area contributed by atoms with Gasteiger partial charge in [-0.15, -0.1) is 0 Å². The molecule has 1 aromatic heterocycles. The van der Waals surface area contributed by atoms with Gasteiger partial charge in [0.15, 0.2) is 0 Å². The molecule has 0 radical (unpaired) electrons. The van der Waals surface area contributed by atoms with E-state index in [1.807, 2.05) is 0 Å². The summed E-state index contributed by atoms with van der Waals surface area (Å²) in [6.07, 6.45) is 4.43. The second-order valence-corrected chi connectivity index (χ2v) is 3.55. The Morgan fingerprint density at radius 3 is 3.23 bits per heavy atom. The first-order valence-corrected chi connectivity index (χ1v) is 4.51. The highest BCUT2D eigenvalue weighted by Crippen LogP contribution is 2.19. The maximum atomic E-state index is 11.1. The van der Waals surface area contributed by atoms with E-state index in [9.17, 15) is 4.79 Å². The number of carbonyl (C=O) groups is 1. The van der Waals surface area contributed by atoms with E-state index in [0.29, 0.717) is 0 Å². The number of rotatable bonds is 0. The molecule has 13 heavy (non-hydrogen) atoms. The van der Waals surface area contributed by atoms with Crippen LogP contribution in [0.1, 0.15) is 29.4 Å². The van der Waals surface area contributed by atoms with Crippen molar-refractivity contribution < 1.29 is 4.79 Å². The zero-order valence-corrected chi connectivity index (χ0v) is 7.66. The van der Waals surface area contributed by atoms with Crippen LogP contribution in [-0.4, -0.2) is 21.7 Å². The predicted octanol–water partition coefficient (Wildman–Crippen LogP) is 0.359. The lowest BCUT2D eigenvalue weighted by Crippen LogP contribution is -2.28. The van der Waals surface area contributed by atoms with E-state index in [-0.39, 0.29) is 11.9 Å². The maximum Gasteiger partial charge on any atom is 0.243 e. The molecule has 70 valence electrons. The summed E-state index contributed by atoms with van der Waals surface area (Å²) in [6.45, 7) is 1.53. The molecular formula is C9H13N3O. The standard InChI is InChI=1S/C9H13N3O/c1-6(13)12-9-3-2-8(10)4-7(9)5-11-12/h5,8H,2-4,10H2,1H3/t8-/m1/s1. The van der Waals surface area contributed by atoms with E-state index in [2.05, 4.69) is 5.10 Å². The van der Waals surface area contributed by atoms with Gasteiger partial charge in [0.1, 0.15) is 0 Å². The van der Waals surface area contributed by atoms with Crippen LogP contribution in [0.15, 0.2) is 6.20 Å². The second kappa shape index (κ2) is 2.96. The van der Waals surface area contributed by atoms with Crippen molar-refractivity contribution in [2.45, 2.75) is 32.2 Å². The van der Waals surface area contributed by atoms with Crippen molar-refractivity contribution in [1.82, 2.24) is 9.78 Å². The van der Waals surface area contributed by atoms with Gasteiger partial charge in [0.2, 0.25) is 5.91 Å². The monoisotopic (exact) mass is 179 g/mol. The molecule has 1 aromatic rings. The SMILES string of the molecule is CC(=O)n1ncc2c1CC[C@@H](N)C2. The molecule has 0 bridgehead atoms. The van der Waals surface area contributed by atoms with Gasteiger partial charge in [-0.2, -0.15) is 5.10 Å². The predicted molar refractivity (Wildman–Crippen MR) is 48.5 cm³/mol. The highest BCUT2D eigenvalue weighted by Gasteiger charge is 2.20. The quantitative estimate of drug-likeness (QED) is 0.625. The van der Waals surface area contributed by atoms with Crippen LogP contribution in [0.25, 0.3) is 0 Å². The number of fused-ring (bicyclic) bond motifs is 1. The summed E-state index contributed by atoms with van der Waals surface area (Å²) in [7, 11) is 0. The summed E-state index contributed by atoms with van der Waals surface area (Å²) in [6, 6.07) is 0.233. The minimum Gasteiger partial charge on any atom is -0.327 e. The van der Waals surface area contributed by atoms with Crippen molar-refractivity contribution in [2.75, 3.05) is 0 Å². The Morgan fingerprint density at radius 1 is 1.77 bits per heavy atom. The molecule has 0 fully saturated rings. The van der Waals surface area contributed by atoms with E-state index in [1.54, 1.807) is 6.20 Å². The zero-order valence-electron chi connectivity index (χ0n) is 7.66. The first kappa shape index (κ1) is 8.44. The van der Waals surface area contributed by atoms with Crippen LogP contribution in [0.2, 0.25) is 0 Å². The third kappa shape index (κ3) is 1.37. The Balaban J connectivity index is 2.39. The molecule has 2 N–H and O–H groups in total. The summed E-state index contributed by atoms with van der Waals surface area (Å²) in [5, 5.41) is 4.04. The molecule has 0 saturated heterocycles. The van der Waals surface area contributed by atoms with Crippen molar-refractivity contribution in [3.8, 4) is 0 Å². The fourth-order valence-corrected chi connectivity index (χ4v) is 1.82. The van der Waals surface area contributed by atoms with Crippen LogP contribution in [0, 0.1) is 0 Å². The minimum atomic E-state index is -0.0169. The second-order valence-electron chi connectivity index (χ2n) is 3.55. The van der Waals surface area contributed by atoms with E-state index >= 15 is 0 Å². The lowest BCUT2D eigenvalue weighted by atomic mass is 9.94. The highest BCUT2D eigenvalue weighted by atomic mass is 16.2. The third-order valence-corrected chi connectivity index (χ3v) is 2.49. The average Bonchev–Trinajstić information content (AvgIpc) is 2.46. The first-order valence-electron chi connectivity index (χ1n) is 4.51. The summed E-state index contributed by atoms with van der Waals surface area (Å²) in [4.78, 5) is 11.1. The van der Waals surface area contributed by atoms with Crippen molar-refractivity contribution in [2.24, 2.45) is 5.73 Å². The van der Waals surface area contributed by atoms with E-state index < -0.39 is 0 Å². The fraction of sp³-hybridized carbons (Fsp3) is 0.556. The lowest BCUT2D eigenvalue weighted by Gasteiger charge is -2.18. The molecule has 1 aliphatic carbocycles. The van der Waals surface area contributed by atoms with Gasteiger partial charge in [-0.1, -0.05) is 0 Å². The molecule has 0 saturated carbocycles. The number of carbonyl (C=O) groups excluding carboxylic acids is 1. The lowest BCUT2D eigenvalue weighted by molar-refractivity contribution is 0.0917. The van der Waals surface area contributed by atoms with Gasteiger partial charge in [-0.05, 0) is 24.8 Å². The molecule has 2 rings (SSSR count). The van der Waals surface area contributed by atoms with Crippen LogP contribution >= 0.6 is 0 Å². The number of hydrogen-bond donors (Lipinski definition) is 1. The van der Waals surface area contributed by atoms with E-state index in [0.717, 1.165) is 30.5 Å². The van der Waals surface area contributed by atoms with Gasteiger partial charge < -0.3 is 5.73 Å². The van der Waals surface area contributed by atoms with E-state index in [1.165, 1.54) is 11.6 Å². The van der Waals surface area contributed by atoms with Gasteiger partial charge in [-0.25, -0.2) is 4.68 Å². The van der Waals surface area contributed by atoms with Crippen LogP contribution in [-0.2, 0) is 12.8 Å². The molecule has 4 heteroatoms. The number of nitrogens with two attached hydrogens (primary N) is 1. The first-order chi connectivity index (χ1) is 6.18. The summed E-state index contributed by atoms with van der Waals surface area (Å²) in [5.74, 6) is -0.0169. The van der Waals surface area contributed by atoms with Crippen molar-refractivity contribution in [1.29, 1.82) is 0 Å². The van der Waals surface area contributed by atoms with Crippen molar-refractivity contribution >= 4 is 5.91 Å². The highest BCUT2D eigenvalue weighted by molar-refractivity contribution is 5.76. The molecule has 1 heterocycles. The fourth-order valence-electron chi connectivity index (χ4n) is 1.82. The van der Waals surface area contributed by atoms with Gasteiger partial charge in [0, 0.05) is 13.0 Å². The van der Waals surface area contributed by atoms with Crippen LogP contribution in [0.3, 0.4) is 0 Å². The van der Waals surface area contributed by atoms with Crippen LogP contribution in [0.4, 0.5) is 0 Å². The molecule has 1 atom stereocenters. The Hall–Kier alpha value is -1.16. The molecule has 0 unspecified atom stereocenters. The number of nitrogens with zero attached hydrogens (tertiary/aromatic N) is 2. The van der Waals surface area contributed by atoms with Gasteiger partial charge >= 0.3 is 0 Å². The van der Waals surface area contributed by atoms with Gasteiger partial charge in [0.25, 0.3) is 0 Å². The topological polar surface area (TPSA) is 60.9 Å². The smallest absolute Gasteiger partial charge is 0.243 e. The summed E-state index contributed by atoms with van der Waals surface area (Å²) >= 11 is 0. The summed E-state index contributed by atoms with van der Waals surface area (Å²) < 4.78 is 1.49. The van der Waals surface area contributed by atoms with Crippen molar-refractivity contribution in [3.63, 3.8) is 0 Å². The van der Waals surface area contributed by atoms with Crippen molar-refractivity contribution in [3.05, 3.63) is 17.5 Å². The van der Waals surface area contributed by atoms with Crippen LogP contribution in [0.5, 0.6) is 0 Å². The number of aromatic nitrogens is 2. The molecule has 0 aliphatic heterocycles. The Kier molecular flexibility index (Phi) is 1.92. The van der Waals surface area contributed by atoms with Crippen LogP contribution < -0.4 is 5.73 Å². The molecule has 4 nitrogen and oxygen atoms in total. The Morgan fingerprint density at radius 2 is 2.54 bits per heavy atom. The molecule has 1 aliphatic rings. The number of hydrogen-bond acceptors (Lipinski definition) is 3. The molecule has 0 spiro atoms. The zero-order chi connectivity index (χ0) is 9.42. The Bertz CT molecular complexity index is 343. The molecule has 0 amide bonds. The normalized spacial score (nSPS) is 21.2. The largest absolute Gasteiger partial charge is 0.327 e. The molecular weight excluding hydrogens is 166 g/mol. The summed E-state index contributed by atoms with van der Waals surface area (Å²) in [5.41, 5.74) is 8.00. The minimum absolute atomic E-state index is 0.0169. The van der Waals surface area contributed by atoms with E-state index in [4.69, 9.17) is 5.73 Å². The van der Waals surface area contributed by atoms with Gasteiger partial charge in [0.05, 0.1) is 11.9 Å². The van der Waals surface area contributed by atoms with Gasteiger partial charge in [-0.3, -0.25) is 4.79 Å². The molecule has 0 aromatic carbocycles. The average molecular weight is 179 g/mol.